The van der Waals surface area contributed by atoms with Crippen LogP contribution in [0.25, 0.3) is 10.9 Å². The third kappa shape index (κ3) is 2.24. The van der Waals surface area contributed by atoms with Crippen molar-refractivity contribution >= 4 is 22.7 Å². The number of carbonyl (C=O) groups excluding carboxylic acids is 2. The highest BCUT2D eigenvalue weighted by Gasteiger charge is 2.36. The van der Waals surface area contributed by atoms with Crippen LogP contribution in [0, 0.1) is 11.7 Å². The summed E-state index contributed by atoms with van der Waals surface area (Å²) >= 11 is 0. The number of rotatable bonds is 3. The highest BCUT2D eigenvalue weighted by atomic mass is 19.1. The maximum atomic E-state index is 13.2. The number of hydrogen-bond acceptors (Lipinski definition) is 2. The molecule has 0 unspecified atom stereocenters. The number of aromatic nitrogens is 1. The largest absolute Gasteiger partial charge is 0.360 e. The number of halogens is 1. The molecule has 2 N–H and O–H groups in total. The topological polar surface area (TPSA) is 65.2 Å². The van der Waals surface area contributed by atoms with Gasteiger partial charge in [-0.25, -0.2) is 4.39 Å². The van der Waals surface area contributed by atoms with Crippen molar-refractivity contribution in [3.63, 3.8) is 0 Å². The Kier molecular flexibility index (Phi) is 2.92. The lowest BCUT2D eigenvalue weighted by Crippen LogP contribution is -2.61. The summed E-state index contributed by atoms with van der Waals surface area (Å²) in [5.74, 6) is -0.122. The summed E-state index contributed by atoms with van der Waals surface area (Å²) in [7, 11) is 0. The van der Waals surface area contributed by atoms with Gasteiger partial charge in [0.2, 0.25) is 5.91 Å². The molecule has 0 radical (unpaired) electrons. The number of hydrogen-bond donors (Lipinski definition) is 2. The van der Waals surface area contributed by atoms with E-state index < -0.39 is 0 Å². The first kappa shape index (κ1) is 13.3. The lowest BCUT2D eigenvalue weighted by Gasteiger charge is -2.39. The molecule has 2 aromatic rings. The summed E-state index contributed by atoms with van der Waals surface area (Å²) in [5, 5.41) is 3.68. The molecule has 1 aliphatic carbocycles. The van der Waals surface area contributed by atoms with E-state index in [-0.39, 0.29) is 29.6 Å². The summed E-state index contributed by atoms with van der Waals surface area (Å²) in [4.78, 5) is 28.7. The van der Waals surface area contributed by atoms with Gasteiger partial charge >= 0.3 is 0 Å². The molecule has 2 fully saturated rings. The van der Waals surface area contributed by atoms with Gasteiger partial charge in [0.15, 0.2) is 0 Å². The fourth-order valence-electron chi connectivity index (χ4n) is 2.85. The highest BCUT2D eigenvalue weighted by molar-refractivity contribution is 6.07. The first-order valence-corrected chi connectivity index (χ1v) is 7.48. The van der Waals surface area contributed by atoms with Gasteiger partial charge in [0.05, 0.1) is 11.6 Å². The van der Waals surface area contributed by atoms with Crippen molar-refractivity contribution < 1.29 is 14.0 Å². The molecule has 6 heteroatoms. The lowest BCUT2D eigenvalue weighted by atomic mass is 10.1. The van der Waals surface area contributed by atoms with E-state index in [2.05, 4.69) is 10.3 Å². The number of fused-ring (bicyclic) bond motifs is 1. The van der Waals surface area contributed by atoms with Crippen LogP contribution < -0.4 is 5.32 Å². The average Bonchev–Trinajstić information content (AvgIpc) is 3.22. The van der Waals surface area contributed by atoms with E-state index >= 15 is 0 Å². The molecule has 0 spiro atoms. The number of benzene rings is 1. The maximum Gasteiger partial charge on any atom is 0.256 e. The Balaban J connectivity index is 1.43. The molecule has 5 nitrogen and oxygen atoms in total. The molecule has 1 aromatic carbocycles. The van der Waals surface area contributed by atoms with E-state index in [9.17, 15) is 14.0 Å². The molecule has 2 amide bonds. The fourth-order valence-corrected chi connectivity index (χ4v) is 2.85. The number of amides is 2. The average molecular weight is 301 g/mol. The van der Waals surface area contributed by atoms with Gasteiger partial charge in [-0.1, -0.05) is 0 Å². The Morgan fingerprint density at radius 2 is 2.05 bits per heavy atom. The van der Waals surface area contributed by atoms with Gasteiger partial charge in [-0.3, -0.25) is 9.59 Å². The molecule has 22 heavy (non-hydrogen) atoms. The van der Waals surface area contributed by atoms with Crippen LogP contribution in [-0.4, -0.2) is 40.8 Å². The van der Waals surface area contributed by atoms with Gasteiger partial charge < -0.3 is 15.2 Å². The predicted molar refractivity (Wildman–Crippen MR) is 78.8 cm³/mol. The quantitative estimate of drug-likeness (QED) is 0.905. The zero-order chi connectivity index (χ0) is 15.3. The number of nitrogens with zero attached hydrogens (tertiary/aromatic N) is 1. The summed E-state index contributed by atoms with van der Waals surface area (Å²) < 4.78 is 13.2. The molecule has 2 aliphatic rings. The van der Waals surface area contributed by atoms with Gasteiger partial charge in [-0.15, -0.1) is 0 Å². The SMILES string of the molecule is O=C(NC1CN(C(=O)c2c[nH]c3cc(F)ccc23)C1)C1CC1. The van der Waals surface area contributed by atoms with E-state index in [1.807, 2.05) is 0 Å². The standard InChI is InChI=1S/C16H16FN3O2/c17-10-3-4-12-13(6-18-14(12)5-10)16(22)20-7-11(8-20)19-15(21)9-1-2-9/h3-6,9,11,18H,1-2,7-8H2,(H,19,21). The van der Waals surface area contributed by atoms with E-state index in [0.717, 1.165) is 18.2 Å². The van der Waals surface area contributed by atoms with Crippen molar-refractivity contribution in [2.45, 2.75) is 18.9 Å². The van der Waals surface area contributed by atoms with Crippen LogP contribution in [0.4, 0.5) is 4.39 Å². The summed E-state index contributed by atoms with van der Waals surface area (Å²) in [6.07, 6.45) is 3.57. The van der Waals surface area contributed by atoms with Crippen LogP contribution in [0.15, 0.2) is 24.4 Å². The van der Waals surface area contributed by atoms with Gasteiger partial charge in [0.25, 0.3) is 5.91 Å². The third-order valence-electron chi connectivity index (χ3n) is 4.34. The van der Waals surface area contributed by atoms with Crippen molar-refractivity contribution in [3.8, 4) is 0 Å². The van der Waals surface area contributed by atoms with E-state index in [1.54, 1.807) is 17.2 Å². The molecule has 114 valence electrons. The van der Waals surface area contributed by atoms with Gasteiger partial charge in [0, 0.05) is 36.1 Å². The Morgan fingerprint density at radius 1 is 1.27 bits per heavy atom. The summed E-state index contributed by atoms with van der Waals surface area (Å²) in [5.41, 5.74) is 1.16. The van der Waals surface area contributed by atoms with Gasteiger partial charge in [0.1, 0.15) is 5.82 Å². The van der Waals surface area contributed by atoms with Crippen LogP contribution in [0.5, 0.6) is 0 Å². The first-order chi connectivity index (χ1) is 10.6. The van der Waals surface area contributed by atoms with Crippen molar-refractivity contribution in [2.24, 2.45) is 5.92 Å². The molecular weight excluding hydrogens is 285 g/mol. The van der Waals surface area contributed by atoms with Crippen LogP contribution in [-0.2, 0) is 4.79 Å². The van der Waals surface area contributed by atoms with E-state index in [1.165, 1.54) is 12.1 Å². The molecular formula is C16H16FN3O2. The highest BCUT2D eigenvalue weighted by Crippen LogP contribution is 2.29. The minimum atomic E-state index is -0.333. The lowest BCUT2D eigenvalue weighted by molar-refractivity contribution is -0.123. The van der Waals surface area contributed by atoms with Crippen LogP contribution >= 0.6 is 0 Å². The van der Waals surface area contributed by atoms with Crippen molar-refractivity contribution in [1.29, 1.82) is 0 Å². The number of aromatic amines is 1. The number of H-pyrrole nitrogens is 1. The molecule has 1 aliphatic heterocycles. The molecule has 0 atom stereocenters. The van der Waals surface area contributed by atoms with Crippen molar-refractivity contribution in [2.75, 3.05) is 13.1 Å². The smallest absolute Gasteiger partial charge is 0.256 e. The van der Waals surface area contributed by atoms with Crippen LogP contribution in [0.2, 0.25) is 0 Å². The third-order valence-corrected chi connectivity index (χ3v) is 4.34. The molecule has 2 heterocycles. The minimum Gasteiger partial charge on any atom is -0.360 e. The normalized spacial score (nSPS) is 18.3. The van der Waals surface area contributed by atoms with Crippen molar-refractivity contribution in [1.82, 2.24) is 15.2 Å². The molecule has 4 rings (SSSR count). The minimum absolute atomic E-state index is 0.0553. The first-order valence-electron chi connectivity index (χ1n) is 7.48. The molecule has 1 saturated heterocycles. The Bertz CT molecular complexity index is 760. The van der Waals surface area contributed by atoms with E-state index in [4.69, 9.17) is 0 Å². The van der Waals surface area contributed by atoms with Crippen molar-refractivity contribution in [3.05, 3.63) is 35.8 Å². The van der Waals surface area contributed by atoms with E-state index in [0.29, 0.717) is 24.2 Å². The Labute approximate surface area is 126 Å². The van der Waals surface area contributed by atoms with Crippen LogP contribution in [0.1, 0.15) is 23.2 Å². The second-order valence-electron chi connectivity index (χ2n) is 6.08. The second-order valence-corrected chi connectivity index (χ2v) is 6.08. The second kappa shape index (κ2) is 4.83. The van der Waals surface area contributed by atoms with Gasteiger partial charge in [-0.05, 0) is 31.0 Å². The predicted octanol–water partition coefficient (Wildman–Crippen LogP) is 1.66. The molecule has 1 aromatic heterocycles. The summed E-state index contributed by atoms with van der Waals surface area (Å²) in [6.45, 7) is 1.07. The fraction of sp³-hybridized carbons (Fsp3) is 0.375. The molecule has 0 bridgehead atoms. The Hall–Kier alpha value is -2.37. The number of carbonyl (C=O) groups is 2. The summed E-state index contributed by atoms with van der Waals surface area (Å²) in [6, 6.07) is 4.39. The van der Waals surface area contributed by atoms with Crippen LogP contribution in [0.3, 0.4) is 0 Å². The maximum absolute atomic E-state index is 13.2. The monoisotopic (exact) mass is 301 g/mol. The number of nitrogens with one attached hydrogen (secondary N) is 2. The zero-order valence-electron chi connectivity index (χ0n) is 11.9. The number of likely N-dealkylation sites (tertiary alicyclic amines) is 1. The van der Waals surface area contributed by atoms with Gasteiger partial charge in [-0.2, -0.15) is 0 Å². The molecule has 1 saturated carbocycles. The Morgan fingerprint density at radius 3 is 2.77 bits per heavy atom. The zero-order valence-corrected chi connectivity index (χ0v) is 11.9.